The number of ether oxygens (including phenoxy) is 2. The highest BCUT2D eigenvalue weighted by Crippen LogP contribution is 2.58. The topological polar surface area (TPSA) is 81.9 Å². The second kappa shape index (κ2) is 5.81. The Kier molecular flexibility index (Phi) is 3.97. The number of fused-ring (bicyclic) bond motifs is 1. The summed E-state index contributed by atoms with van der Waals surface area (Å²) in [5.41, 5.74) is 1.20. The molecule has 1 aromatic carbocycles. The zero-order chi connectivity index (χ0) is 16.6. The van der Waals surface area contributed by atoms with Crippen molar-refractivity contribution in [1.29, 1.82) is 0 Å². The Balaban J connectivity index is 1.88. The fraction of sp³-hybridized carbons (Fsp3) is 0.562. The number of methoxy groups -OCH3 is 2. The summed E-state index contributed by atoms with van der Waals surface area (Å²) in [7, 11) is 3.03. The molecule has 2 atom stereocenters. The number of nitrogens with zero attached hydrogens (tertiary/aromatic N) is 2. The molecule has 0 amide bonds. The van der Waals surface area contributed by atoms with E-state index >= 15 is 0 Å². The molecule has 1 saturated carbocycles. The van der Waals surface area contributed by atoms with Gasteiger partial charge in [-0.3, -0.25) is 10.1 Å². The minimum absolute atomic E-state index is 0.0165. The van der Waals surface area contributed by atoms with Crippen LogP contribution in [0.5, 0.6) is 0 Å². The first-order valence-electron chi connectivity index (χ1n) is 7.61. The molecule has 7 heteroatoms. The van der Waals surface area contributed by atoms with Gasteiger partial charge in [0.25, 0.3) is 5.69 Å². The number of non-ortho nitro benzene ring substituents is 1. The van der Waals surface area contributed by atoms with Crippen LogP contribution in [0.3, 0.4) is 0 Å². The van der Waals surface area contributed by atoms with Gasteiger partial charge in [-0.05, 0) is 24.8 Å². The molecule has 124 valence electrons. The molecular weight excluding hydrogens is 300 g/mol. The number of nitro groups is 1. The molecule has 0 spiro atoms. The maximum atomic E-state index is 12.0. The summed E-state index contributed by atoms with van der Waals surface area (Å²) in [4.78, 5) is 24.6. The maximum absolute atomic E-state index is 12.0. The first-order valence-corrected chi connectivity index (χ1v) is 7.61. The van der Waals surface area contributed by atoms with Crippen LogP contribution in [0.1, 0.15) is 23.2 Å². The lowest BCUT2D eigenvalue weighted by Crippen LogP contribution is -2.37. The van der Waals surface area contributed by atoms with Crippen molar-refractivity contribution < 1.29 is 19.2 Å². The molecule has 1 aromatic rings. The van der Waals surface area contributed by atoms with Gasteiger partial charge >= 0.3 is 5.97 Å². The van der Waals surface area contributed by atoms with Gasteiger partial charge in [-0.15, -0.1) is 0 Å². The Morgan fingerprint density at radius 2 is 2.26 bits per heavy atom. The van der Waals surface area contributed by atoms with E-state index in [9.17, 15) is 14.9 Å². The molecule has 0 radical (unpaired) electrons. The Morgan fingerprint density at radius 1 is 1.48 bits per heavy atom. The predicted molar refractivity (Wildman–Crippen MR) is 83.7 cm³/mol. The number of esters is 1. The van der Waals surface area contributed by atoms with Gasteiger partial charge in [-0.25, -0.2) is 4.79 Å². The van der Waals surface area contributed by atoms with E-state index < -0.39 is 10.9 Å². The van der Waals surface area contributed by atoms with Gasteiger partial charge in [0.2, 0.25) is 0 Å². The first-order chi connectivity index (χ1) is 11.0. The van der Waals surface area contributed by atoms with Crippen LogP contribution < -0.4 is 4.90 Å². The highest BCUT2D eigenvalue weighted by Gasteiger charge is 2.56. The lowest BCUT2D eigenvalue weighted by Gasteiger charge is -2.33. The summed E-state index contributed by atoms with van der Waals surface area (Å²) < 4.78 is 10.1. The Hall–Kier alpha value is -2.15. The van der Waals surface area contributed by atoms with E-state index in [1.807, 2.05) is 0 Å². The van der Waals surface area contributed by atoms with Crippen LogP contribution in [0, 0.1) is 21.4 Å². The number of benzene rings is 1. The first kappa shape index (κ1) is 15.7. The lowest BCUT2D eigenvalue weighted by molar-refractivity contribution is -0.384. The molecule has 0 N–H and O–H groups in total. The second-order valence-corrected chi connectivity index (χ2v) is 6.34. The molecule has 0 aromatic heterocycles. The van der Waals surface area contributed by atoms with E-state index in [-0.39, 0.29) is 11.1 Å². The molecule has 3 rings (SSSR count). The van der Waals surface area contributed by atoms with Crippen LogP contribution >= 0.6 is 0 Å². The van der Waals surface area contributed by atoms with Gasteiger partial charge in [-0.1, -0.05) is 0 Å². The van der Waals surface area contributed by atoms with Crippen LogP contribution in [-0.2, 0) is 9.47 Å². The average Bonchev–Trinajstić information content (AvgIpc) is 3.26. The highest BCUT2D eigenvalue weighted by molar-refractivity contribution is 5.96. The predicted octanol–water partition coefficient (Wildman–Crippen LogP) is 2.24. The molecule has 1 aliphatic carbocycles. The number of carbonyl (C=O) groups is 1. The zero-order valence-corrected chi connectivity index (χ0v) is 13.3. The van der Waals surface area contributed by atoms with Crippen molar-refractivity contribution in [2.45, 2.75) is 12.8 Å². The van der Waals surface area contributed by atoms with Crippen molar-refractivity contribution in [3.05, 3.63) is 33.9 Å². The Morgan fingerprint density at radius 3 is 2.87 bits per heavy atom. The normalized spacial score (nSPS) is 25.7. The fourth-order valence-electron chi connectivity index (χ4n) is 3.64. The summed E-state index contributed by atoms with van der Waals surface area (Å²) in [6.07, 6.45) is 2.08. The fourth-order valence-corrected chi connectivity index (χ4v) is 3.64. The molecule has 23 heavy (non-hydrogen) atoms. The van der Waals surface area contributed by atoms with Crippen molar-refractivity contribution in [3.63, 3.8) is 0 Å². The smallest absolute Gasteiger partial charge is 0.339 e. The molecular formula is C16H20N2O5. The second-order valence-electron chi connectivity index (χ2n) is 6.34. The van der Waals surface area contributed by atoms with Crippen LogP contribution in [0.25, 0.3) is 0 Å². The quantitative estimate of drug-likeness (QED) is 0.470. The van der Waals surface area contributed by atoms with Gasteiger partial charge < -0.3 is 14.4 Å². The Bertz CT molecular complexity index is 647. The molecule has 1 heterocycles. The third-order valence-corrected chi connectivity index (χ3v) is 5.05. The van der Waals surface area contributed by atoms with Crippen LogP contribution in [-0.4, -0.2) is 44.8 Å². The third kappa shape index (κ3) is 2.76. The highest BCUT2D eigenvalue weighted by atomic mass is 16.6. The molecule has 1 aliphatic heterocycles. The summed E-state index contributed by atoms with van der Waals surface area (Å²) in [5.74, 6) is 0.0420. The van der Waals surface area contributed by atoms with Gasteiger partial charge in [0.1, 0.15) is 0 Å². The van der Waals surface area contributed by atoms with E-state index in [1.54, 1.807) is 7.11 Å². The van der Waals surface area contributed by atoms with Gasteiger partial charge in [0.15, 0.2) is 0 Å². The number of carbonyl (C=O) groups excluding carboxylic acids is 1. The van der Waals surface area contributed by atoms with Gasteiger partial charge in [-0.2, -0.15) is 0 Å². The molecule has 2 unspecified atom stereocenters. The SMILES string of the molecule is COCC12CCN(c3cc([N+](=O)[O-])ccc3C(=O)OC)CC1C2. The van der Waals surface area contributed by atoms with E-state index in [0.29, 0.717) is 17.2 Å². The van der Waals surface area contributed by atoms with E-state index in [2.05, 4.69) is 4.90 Å². The van der Waals surface area contributed by atoms with Crippen molar-refractivity contribution >= 4 is 17.3 Å². The van der Waals surface area contributed by atoms with Crippen molar-refractivity contribution in [3.8, 4) is 0 Å². The average molecular weight is 320 g/mol. The summed E-state index contributed by atoms with van der Waals surface area (Å²) in [6.45, 7) is 2.30. The molecule has 2 aliphatic rings. The summed E-state index contributed by atoms with van der Waals surface area (Å²) in [5, 5.41) is 11.0. The summed E-state index contributed by atoms with van der Waals surface area (Å²) >= 11 is 0. The largest absolute Gasteiger partial charge is 0.465 e. The van der Waals surface area contributed by atoms with E-state index in [0.717, 1.165) is 32.5 Å². The maximum Gasteiger partial charge on any atom is 0.339 e. The monoisotopic (exact) mass is 320 g/mol. The lowest BCUT2D eigenvalue weighted by atomic mass is 9.95. The standard InChI is InChI=1S/C16H20N2O5/c1-22-10-16-5-6-17(9-11(16)8-16)14-7-12(18(20)21)3-4-13(14)15(19)23-2/h3-4,7,11H,5-6,8-10H2,1-2H3. The third-order valence-electron chi connectivity index (χ3n) is 5.05. The number of piperidine rings is 1. The van der Waals surface area contributed by atoms with Crippen molar-refractivity contribution in [2.75, 3.05) is 38.8 Å². The van der Waals surface area contributed by atoms with Crippen molar-refractivity contribution in [1.82, 2.24) is 0 Å². The minimum Gasteiger partial charge on any atom is -0.465 e. The number of rotatable bonds is 5. The minimum atomic E-state index is -0.473. The van der Waals surface area contributed by atoms with E-state index in [4.69, 9.17) is 9.47 Å². The molecule has 0 bridgehead atoms. The zero-order valence-electron chi connectivity index (χ0n) is 13.3. The van der Waals surface area contributed by atoms with Gasteiger partial charge in [0.05, 0.1) is 29.9 Å². The van der Waals surface area contributed by atoms with Gasteiger partial charge in [0, 0.05) is 37.7 Å². The molecule has 2 fully saturated rings. The number of hydrogen-bond acceptors (Lipinski definition) is 6. The number of nitro benzene ring substituents is 1. The van der Waals surface area contributed by atoms with E-state index in [1.165, 1.54) is 25.3 Å². The van der Waals surface area contributed by atoms with Crippen LogP contribution in [0.2, 0.25) is 0 Å². The Labute approximate surface area is 134 Å². The van der Waals surface area contributed by atoms with Crippen LogP contribution in [0.15, 0.2) is 18.2 Å². The number of anilines is 1. The number of hydrogen-bond donors (Lipinski definition) is 0. The molecule has 7 nitrogen and oxygen atoms in total. The van der Waals surface area contributed by atoms with Crippen molar-refractivity contribution in [2.24, 2.45) is 11.3 Å². The summed E-state index contributed by atoms with van der Waals surface area (Å²) in [6, 6.07) is 4.28. The molecule has 1 saturated heterocycles. The van der Waals surface area contributed by atoms with Crippen LogP contribution in [0.4, 0.5) is 11.4 Å².